The average molecular weight is 344 g/mol. The van der Waals surface area contributed by atoms with E-state index in [1.165, 1.54) is 12.1 Å². The molecule has 0 aliphatic heterocycles. The van der Waals surface area contributed by atoms with Crippen LogP contribution >= 0.6 is 27.5 Å². The minimum atomic E-state index is -0.352. The van der Waals surface area contributed by atoms with Gasteiger partial charge in [0.05, 0.1) is 6.04 Å². The molecule has 2 aromatic carbocycles. The SMILES string of the molecule is Cc1cc(F)cc(C(NN)c2ccc(Br)cc2Cl)c1. The van der Waals surface area contributed by atoms with E-state index in [1.807, 2.05) is 25.1 Å². The van der Waals surface area contributed by atoms with Gasteiger partial charge in [-0.05, 0) is 47.9 Å². The van der Waals surface area contributed by atoms with Crippen LogP contribution in [0, 0.1) is 12.7 Å². The molecular weight excluding hydrogens is 331 g/mol. The van der Waals surface area contributed by atoms with Crippen LogP contribution < -0.4 is 11.3 Å². The Kier molecular flexibility index (Phi) is 4.58. The third-order valence-corrected chi connectivity index (χ3v) is 3.66. The Hall–Kier alpha value is -0.940. The topological polar surface area (TPSA) is 38.0 Å². The van der Waals surface area contributed by atoms with Crippen LogP contribution in [0.2, 0.25) is 5.02 Å². The van der Waals surface area contributed by atoms with Gasteiger partial charge in [-0.1, -0.05) is 39.7 Å². The first-order valence-electron chi connectivity index (χ1n) is 5.69. The number of hydrazine groups is 1. The van der Waals surface area contributed by atoms with Crippen molar-refractivity contribution >= 4 is 27.5 Å². The zero-order valence-electron chi connectivity index (χ0n) is 10.3. The molecule has 0 saturated heterocycles. The van der Waals surface area contributed by atoms with E-state index >= 15 is 0 Å². The zero-order valence-corrected chi connectivity index (χ0v) is 12.6. The fourth-order valence-corrected chi connectivity index (χ4v) is 2.81. The first-order chi connectivity index (χ1) is 9.01. The molecule has 0 radical (unpaired) electrons. The summed E-state index contributed by atoms with van der Waals surface area (Å²) in [5.41, 5.74) is 5.06. The van der Waals surface area contributed by atoms with Crippen molar-refractivity contribution in [3.05, 3.63) is 68.4 Å². The van der Waals surface area contributed by atoms with Gasteiger partial charge in [-0.15, -0.1) is 0 Å². The number of benzene rings is 2. The van der Waals surface area contributed by atoms with E-state index in [0.29, 0.717) is 5.02 Å². The van der Waals surface area contributed by atoms with Crippen molar-refractivity contribution in [2.24, 2.45) is 5.84 Å². The lowest BCUT2D eigenvalue weighted by atomic mass is 9.97. The van der Waals surface area contributed by atoms with Crippen molar-refractivity contribution in [2.45, 2.75) is 13.0 Å². The van der Waals surface area contributed by atoms with E-state index in [1.54, 1.807) is 6.07 Å². The van der Waals surface area contributed by atoms with E-state index < -0.39 is 0 Å². The smallest absolute Gasteiger partial charge is 0.123 e. The van der Waals surface area contributed by atoms with E-state index in [-0.39, 0.29) is 11.9 Å². The fourth-order valence-electron chi connectivity index (χ4n) is 2.03. The highest BCUT2D eigenvalue weighted by atomic mass is 79.9. The Labute approximate surface area is 124 Å². The highest BCUT2D eigenvalue weighted by Gasteiger charge is 2.16. The normalized spacial score (nSPS) is 12.5. The Balaban J connectivity index is 2.49. The molecule has 0 amide bonds. The van der Waals surface area contributed by atoms with Crippen LogP contribution in [0.25, 0.3) is 0 Å². The zero-order chi connectivity index (χ0) is 14.0. The van der Waals surface area contributed by atoms with Gasteiger partial charge in [-0.3, -0.25) is 5.84 Å². The van der Waals surface area contributed by atoms with Crippen LogP contribution in [0.4, 0.5) is 4.39 Å². The van der Waals surface area contributed by atoms with Gasteiger partial charge in [0.2, 0.25) is 0 Å². The van der Waals surface area contributed by atoms with Gasteiger partial charge in [0.1, 0.15) is 5.82 Å². The maximum atomic E-state index is 13.5. The monoisotopic (exact) mass is 342 g/mol. The van der Waals surface area contributed by atoms with Gasteiger partial charge in [-0.2, -0.15) is 0 Å². The molecule has 0 spiro atoms. The Morgan fingerprint density at radius 2 is 2.00 bits per heavy atom. The molecule has 0 bridgehead atoms. The third-order valence-electron chi connectivity index (χ3n) is 2.84. The molecule has 0 fully saturated rings. The molecule has 100 valence electrons. The predicted octanol–water partition coefficient (Wildman–Crippen LogP) is 4.10. The molecular formula is C14H13BrClFN2. The second-order valence-electron chi connectivity index (χ2n) is 4.33. The second kappa shape index (κ2) is 6.01. The molecule has 2 aromatic rings. The van der Waals surface area contributed by atoms with Gasteiger partial charge < -0.3 is 0 Å². The molecule has 5 heteroatoms. The van der Waals surface area contributed by atoms with Gasteiger partial charge in [0.25, 0.3) is 0 Å². The minimum absolute atomic E-state index is 0.288. The maximum Gasteiger partial charge on any atom is 0.123 e. The first-order valence-corrected chi connectivity index (χ1v) is 6.86. The van der Waals surface area contributed by atoms with Crippen LogP contribution in [0.15, 0.2) is 40.9 Å². The van der Waals surface area contributed by atoms with Gasteiger partial charge in [-0.25, -0.2) is 9.82 Å². The summed E-state index contributed by atoms with van der Waals surface area (Å²) in [5, 5.41) is 0.569. The molecule has 0 aliphatic carbocycles. The molecule has 0 aliphatic rings. The lowest BCUT2D eigenvalue weighted by Gasteiger charge is -2.19. The first kappa shape index (κ1) is 14.5. The molecule has 0 saturated carbocycles. The summed E-state index contributed by atoms with van der Waals surface area (Å²) in [6, 6.07) is 9.97. The summed E-state index contributed by atoms with van der Waals surface area (Å²) in [5.74, 6) is 5.31. The van der Waals surface area contributed by atoms with E-state index in [0.717, 1.165) is 21.2 Å². The van der Waals surface area contributed by atoms with Gasteiger partial charge in [0.15, 0.2) is 0 Å². The summed E-state index contributed by atoms with van der Waals surface area (Å²) >= 11 is 9.56. The molecule has 2 nitrogen and oxygen atoms in total. The van der Waals surface area contributed by atoms with Crippen LogP contribution in [0.1, 0.15) is 22.7 Å². The second-order valence-corrected chi connectivity index (χ2v) is 5.65. The van der Waals surface area contributed by atoms with Crippen molar-refractivity contribution < 1.29 is 4.39 Å². The Morgan fingerprint density at radius 3 is 2.58 bits per heavy atom. The maximum absolute atomic E-state index is 13.5. The number of nitrogens with two attached hydrogens (primary N) is 1. The molecule has 1 atom stereocenters. The Bertz CT molecular complexity index is 584. The summed E-state index contributed by atoms with van der Waals surface area (Å²) in [7, 11) is 0. The molecule has 0 heterocycles. The molecule has 2 rings (SSSR count). The molecule has 19 heavy (non-hydrogen) atoms. The van der Waals surface area contributed by atoms with Crippen molar-refractivity contribution in [1.29, 1.82) is 0 Å². The van der Waals surface area contributed by atoms with Gasteiger partial charge >= 0.3 is 0 Å². The van der Waals surface area contributed by atoms with E-state index in [9.17, 15) is 4.39 Å². The minimum Gasteiger partial charge on any atom is -0.271 e. The van der Waals surface area contributed by atoms with Crippen LogP contribution in [-0.4, -0.2) is 0 Å². The summed E-state index contributed by atoms with van der Waals surface area (Å²) < 4.78 is 14.4. The number of rotatable bonds is 3. The largest absolute Gasteiger partial charge is 0.271 e. The van der Waals surface area contributed by atoms with E-state index in [2.05, 4.69) is 21.4 Å². The Morgan fingerprint density at radius 1 is 1.26 bits per heavy atom. The summed E-state index contributed by atoms with van der Waals surface area (Å²) in [6.07, 6.45) is 0. The standard InChI is InChI=1S/C14H13BrClFN2/c1-8-4-9(6-11(17)5-8)14(19-18)12-3-2-10(15)7-13(12)16/h2-7,14,19H,18H2,1H3. The van der Waals surface area contributed by atoms with Crippen LogP contribution in [-0.2, 0) is 0 Å². The average Bonchev–Trinajstić information content (AvgIpc) is 2.31. The van der Waals surface area contributed by atoms with Crippen molar-refractivity contribution in [3.63, 3.8) is 0 Å². The van der Waals surface area contributed by atoms with Crippen LogP contribution in [0.5, 0.6) is 0 Å². The number of aryl methyl sites for hydroxylation is 1. The lowest BCUT2D eigenvalue weighted by molar-refractivity contribution is 0.604. The summed E-state index contributed by atoms with van der Waals surface area (Å²) in [6.45, 7) is 1.84. The highest BCUT2D eigenvalue weighted by molar-refractivity contribution is 9.10. The van der Waals surface area contributed by atoms with E-state index in [4.69, 9.17) is 17.4 Å². The summed E-state index contributed by atoms with van der Waals surface area (Å²) in [4.78, 5) is 0. The van der Waals surface area contributed by atoms with Crippen LogP contribution in [0.3, 0.4) is 0 Å². The number of nitrogens with one attached hydrogen (secondary N) is 1. The number of halogens is 3. The third kappa shape index (κ3) is 3.34. The molecule has 0 aromatic heterocycles. The van der Waals surface area contributed by atoms with Crippen molar-refractivity contribution in [1.82, 2.24) is 5.43 Å². The highest BCUT2D eigenvalue weighted by Crippen LogP contribution is 2.30. The molecule has 3 N–H and O–H groups in total. The predicted molar refractivity (Wildman–Crippen MR) is 79.5 cm³/mol. The van der Waals surface area contributed by atoms with Gasteiger partial charge in [0, 0.05) is 9.50 Å². The number of hydrogen-bond donors (Lipinski definition) is 2. The fraction of sp³-hybridized carbons (Fsp3) is 0.143. The quantitative estimate of drug-likeness (QED) is 0.650. The number of hydrogen-bond acceptors (Lipinski definition) is 2. The van der Waals surface area contributed by atoms with Crippen molar-refractivity contribution in [3.8, 4) is 0 Å². The molecule has 1 unspecified atom stereocenters. The van der Waals surface area contributed by atoms with Crippen molar-refractivity contribution in [2.75, 3.05) is 0 Å². The lowest BCUT2D eigenvalue weighted by Crippen LogP contribution is -2.29.